The molecule has 0 aliphatic carbocycles. The van der Waals surface area contributed by atoms with Gasteiger partial charge in [0.05, 0.1) is 18.7 Å². The molecule has 4 amide bonds. The van der Waals surface area contributed by atoms with Gasteiger partial charge in [-0.25, -0.2) is 14.4 Å². The normalized spacial score (nSPS) is 17.7. The van der Waals surface area contributed by atoms with Crippen molar-refractivity contribution in [2.75, 3.05) is 20.7 Å². The minimum absolute atomic E-state index is 0.119. The number of rotatable bonds is 16. The topological polar surface area (TPSA) is 242 Å². The van der Waals surface area contributed by atoms with Crippen LogP contribution in [0.2, 0.25) is 0 Å². The Hall–Kier alpha value is -6.00. The van der Waals surface area contributed by atoms with Gasteiger partial charge < -0.3 is 51.6 Å². The summed E-state index contributed by atoms with van der Waals surface area (Å²) in [5.74, 6) is -3.22. The number of likely N-dealkylation sites (N-methyl/N-ethyl adjacent to an activating group) is 1. The number of hydrogen-bond acceptors (Lipinski definition) is 11. The summed E-state index contributed by atoms with van der Waals surface area (Å²) in [5.41, 5.74) is 16.7. The van der Waals surface area contributed by atoms with Crippen molar-refractivity contribution < 1.29 is 48.1 Å². The van der Waals surface area contributed by atoms with Gasteiger partial charge in [-0.05, 0) is 130 Å². The number of hydrogen-bond donors (Lipinski definition) is 6. The summed E-state index contributed by atoms with van der Waals surface area (Å²) in [7, 11) is 3.01. The number of carboxylic acids is 1. The largest absolute Gasteiger partial charge is 0.496 e. The standard InChI is InChI=1S/C48H66N6O10/c1-7-8-14-30-18-24-36(31-19-21-32(22-20-31)45(58)59)35(27-30)29-63-46(60)38-17-11-9-10-15-33-28-34(23-25-39(33)62-6)40(42(55)53-41(50)43(56)52-38)54(5)44(57)37(49)16-12-13-26-51-47(61)64-48(2,3)4/h18-25,27-28,37-38,40-41H,7-17,26,29,49-50H2,1-6H3,(H,51,61)(H,52,56)(H,53,55)(H,58,59)/t37-,38-,40-,41+/m0/s1. The summed E-state index contributed by atoms with van der Waals surface area (Å²) >= 11 is 0. The third kappa shape index (κ3) is 15.1. The summed E-state index contributed by atoms with van der Waals surface area (Å²) in [5, 5.41) is 17.3. The molecule has 0 unspecified atom stereocenters. The second-order valence-corrected chi connectivity index (χ2v) is 17.2. The van der Waals surface area contributed by atoms with Crippen LogP contribution in [-0.4, -0.2) is 90.3 Å². The molecule has 0 saturated heterocycles. The monoisotopic (exact) mass is 886 g/mol. The van der Waals surface area contributed by atoms with E-state index in [0.717, 1.165) is 41.5 Å². The highest BCUT2D eigenvalue weighted by Gasteiger charge is 2.34. The van der Waals surface area contributed by atoms with Crippen molar-refractivity contribution in [2.24, 2.45) is 11.5 Å². The molecule has 1 aliphatic rings. The number of amides is 4. The van der Waals surface area contributed by atoms with Crippen LogP contribution in [0.1, 0.15) is 124 Å². The van der Waals surface area contributed by atoms with E-state index in [1.807, 2.05) is 18.2 Å². The van der Waals surface area contributed by atoms with Gasteiger partial charge in [-0.2, -0.15) is 0 Å². The van der Waals surface area contributed by atoms with Crippen molar-refractivity contribution in [1.29, 1.82) is 0 Å². The molecule has 1 heterocycles. The zero-order chi connectivity index (χ0) is 47.0. The summed E-state index contributed by atoms with van der Waals surface area (Å²) in [6.07, 6.45) is 4.64. The van der Waals surface area contributed by atoms with E-state index in [4.69, 9.17) is 25.7 Å². The Kier molecular flexibility index (Phi) is 19.1. The molecule has 4 rings (SSSR count). The maximum Gasteiger partial charge on any atom is 0.407 e. The van der Waals surface area contributed by atoms with Gasteiger partial charge in [0, 0.05) is 13.6 Å². The van der Waals surface area contributed by atoms with Crippen molar-refractivity contribution >= 4 is 35.8 Å². The van der Waals surface area contributed by atoms with Gasteiger partial charge in [-0.3, -0.25) is 14.4 Å². The molecule has 4 atom stereocenters. The number of nitrogens with two attached hydrogens (primary N) is 2. The number of aromatic carboxylic acids is 1. The molecule has 8 N–H and O–H groups in total. The van der Waals surface area contributed by atoms with Crippen LogP contribution in [0.15, 0.2) is 60.7 Å². The van der Waals surface area contributed by atoms with E-state index in [9.17, 15) is 33.9 Å². The smallest absolute Gasteiger partial charge is 0.407 e. The average Bonchev–Trinajstić information content (AvgIpc) is 3.25. The summed E-state index contributed by atoms with van der Waals surface area (Å²) in [6, 6.07) is 14.3. The number of carbonyl (C=O) groups excluding carboxylic acids is 5. The number of aryl methyl sites for hydroxylation is 2. The number of esters is 1. The van der Waals surface area contributed by atoms with Crippen LogP contribution in [0, 0.1) is 0 Å². The van der Waals surface area contributed by atoms with Crippen LogP contribution in [-0.2, 0) is 48.1 Å². The van der Waals surface area contributed by atoms with Gasteiger partial charge in [-0.1, -0.05) is 62.6 Å². The second kappa shape index (κ2) is 24.2. The molecule has 0 saturated carbocycles. The van der Waals surface area contributed by atoms with Crippen LogP contribution in [0.25, 0.3) is 11.1 Å². The van der Waals surface area contributed by atoms with E-state index in [1.54, 1.807) is 58.2 Å². The van der Waals surface area contributed by atoms with Crippen LogP contribution in [0.3, 0.4) is 0 Å². The number of ether oxygens (including phenoxy) is 3. The molecule has 3 aromatic carbocycles. The number of carboxylic acid groups (broad SMARTS) is 1. The minimum atomic E-state index is -1.61. The Morgan fingerprint density at radius 3 is 2.34 bits per heavy atom. The molecular weight excluding hydrogens is 821 g/mol. The van der Waals surface area contributed by atoms with Crippen LogP contribution < -0.4 is 32.2 Å². The second-order valence-electron chi connectivity index (χ2n) is 17.2. The number of nitrogens with one attached hydrogen (secondary N) is 3. The first-order valence-electron chi connectivity index (χ1n) is 22.1. The predicted octanol–water partition coefficient (Wildman–Crippen LogP) is 5.67. The number of methoxy groups -OCH3 is 1. The van der Waals surface area contributed by atoms with Gasteiger partial charge in [0.25, 0.3) is 5.91 Å². The fourth-order valence-corrected chi connectivity index (χ4v) is 7.50. The molecule has 0 spiro atoms. The van der Waals surface area contributed by atoms with Crippen LogP contribution in [0.5, 0.6) is 5.75 Å². The molecule has 1 aliphatic heterocycles. The molecule has 348 valence electrons. The number of alkyl carbamates (subject to hydrolysis) is 1. The number of benzene rings is 3. The number of nitrogens with zero attached hydrogens (tertiary/aromatic N) is 1. The number of carbonyl (C=O) groups is 6. The maximum absolute atomic E-state index is 14.2. The first-order chi connectivity index (χ1) is 30.4. The molecule has 64 heavy (non-hydrogen) atoms. The fourth-order valence-electron chi connectivity index (χ4n) is 7.50. The number of unbranched alkanes of at least 4 members (excludes halogenated alkanes) is 2. The summed E-state index contributed by atoms with van der Waals surface area (Å²) < 4.78 is 16.8. The molecule has 2 bridgehead atoms. The lowest BCUT2D eigenvalue weighted by Gasteiger charge is -2.31. The van der Waals surface area contributed by atoms with E-state index in [-0.39, 0.29) is 25.0 Å². The van der Waals surface area contributed by atoms with Crippen molar-refractivity contribution in [3.05, 3.63) is 88.5 Å². The van der Waals surface area contributed by atoms with Gasteiger partial charge >= 0.3 is 18.0 Å². The molecule has 0 aromatic heterocycles. The predicted molar refractivity (Wildman–Crippen MR) is 242 cm³/mol. The highest BCUT2D eigenvalue weighted by Crippen LogP contribution is 2.30. The van der Waals surface area contributed by atoms with Gasteiger partial charge in [0.1, 0.15) is 30.0 Å². The van der Waals surface area contributed by atoms with E-state index in [0.29, 0.717) is 61.9 Å². The van der Waals surface area contributed by atoms with Gasteiger partial charge in [-0.15, -0.1) is 0 Å². The Morgan fingerprint density at radius 2 is 1.67 bits per heavy atom. The van der Waals surface area contributed by atoms with E-state index < -0.39 is 65.6 Å². The Morgan fingerprint density at radius 1 is 0.938 bits per heavy atom. The van der Waals surface area contributed by atoms with E-state index in [1.165, 1.54) is 24.1 Å². The lowest BCUT2D eigenvalue weighted by molar-refractivity contribution is -0.149. The van der Waals surface area contributed by atoms with Crippen molar-refractivity contribution in [2.45, 2.75) is 135 Å². The summed E-state index contributed by atoms with van der Waals surface area (Å²) in [4.78, 5) is 80.2. The minimum Gasteiger partial charge on any atom is -0.496 e. The quantitative estimate of drug-likeness (QED) is 0.0753. The maximum atomic E-state index is 14.2. The zero-order valence-electron chi connectivity index (χ0n) is 38.0. The Bertz CT molecular complexity index is 2090. The van der Waals surface area contributed by atoms with Crippen LogP contribution >= 0.6 is 0 Å². The Labute approximate surface area is 376 Å². The first-order valence-corrected chi connectivity index (χ1v) is 22.1. The van der Waals surface area contributed by atoms with Crippen molar-refractivity contribution in [3.8, 4) is 16.9 Å². The average molecular weight is 887 g/mol. The fraction of sp³-hybridized carbons (Fsp3) is 0.500. The lowest BCUT2D eigenvalue weighted by atomic mass is 9.95. The van der Waals surface area contributed by atoms with Gasteiger partial charge in [0.15, 0.2) is 6.17 Å². The van der Waals surface area contributed by atoms with Gasteiger partial charge in [0.2, 0.25) is 11.8 Å². The van der Waals surface area contributed by atoms with Crippen molar-refractivity contribution in [1.82, 2.24) is 20.9 Å². The molecule has 3 aromatic rings. The molecule has 16 heteroatoms. The molecule has 0 fully saturated rings. The highest BCUT2D eigenvalue weighted by atomic mass is 16.6. The lowest BCUT2D eigenvalue weighted by Crippen LogP contribution is -2.58. The molecule has 0 radical (unpaired) electrons. The first kappa shape index (κ1) is 50.6. The van der Waals surface area contributed by atoms with E-state index in [2.05, 4.69) is 22.9 Å². The van der Waals surface area contributed by atoms with Crippen LogP contribution in [0.4, 0.5) is 4.79 Å². The zero-order valence-corrected chi connectivity index (χ0v) is 38.0. The van der Waals surface area contributed by atoms with E-state index >= 15 is 0 Å². The third-order valence-corrected chi connectivity index (χ3v) is 11.0. The summed E-state index contributed by atoms with van der Waals surface area (Å²) in [6.45, 7) is 7.62. The SMILES string of the molecule is CCCCc1ccc(-c2ccc(C(=O)O)cc2)c(COC(=O)[C@@H]2CCCCCc3cc(ccc3OC)[C@H](N(C)C(=O)[C@@H](N)CCCCNC(=O)OC(C)(C)C)C(=O)N[C@@H](N)C(=O)N2)c1. The molecule has 16 nitrogen and oxygen atoms in total. The number of fused-ring (bicyclic) bond motifs is 2. The Balaban J connectivity index is 1.51. The molecular formula is C48H66N6O10. The highest BCUT2D eigenvalue weighted by molar-refractivity contribution is 5.94. The van der Waals surface area contributed by atoms with Crippen molar-refractivity contribution in [3.63, 3.8) is 0 Å². The third-order valence-electron chi connectivity index (χ3n) is 11.0.